The van der Waals surface area contributed by atoms with Gasteiger partial charge in [0.25, 0.3) is 0 Å². The Hall–Kier alpha value is -2.34. The molecule has 3 aromatic rings. The second-order valence-electron chi connectivity index (χ2n) is 6.55. The van der Waals surface area contributed by atoms with Crippen LogP contribution in [0.3, 0.4) is 0 Å². The molecule has 5 nitrogen and oxygen atoms in total. The molecule has 1 aromatic heterocycles. The molecule has 0 saturated heterocycles. The van der Waals surface area contributed by atoms with Gasteiger partial charge in [0.1, 0.15) is 11.3 Å². The van der Waals surface area contributed by atoms with E-state index in [1.807, 2.05) is 30.3 Å². The third-order valence-electron chi connectivity index (χ3n) is 4.44. The summed E-state index contributed by atoms with van der Waals surface area (Å²) < 4.78 is 11.5. The summed E-state index contributed by atoms with van der Waals surface area (Å²) in [4.78, 5) is 27.4. The molecule has 2 aromatic carbocycles. The van der Waals surface area contributed by atoms with Gasteiger partial charge in [-0.25, -0.2) is 4.79 Å². The average Bonchev–Trinajstić information content (AvgIpc) is 2.65. The highest BCUT2D eigenvalue weighted by molar-refractivity contribution is 6.32. The van der Waals surface area contributed by atoms with E-state index in [0.29, 0.717) is 11.3 Å². The van der Waals surface area contributed by atoms with Crippen molar-refractivity contribution < 1.29 is 13.9 Å². The maximum absolute atomic E-state index is 12.9. The Kier molecular flexibility index (Phi) is 6.88. The zero-order valence-corrected chi connectivity index (χ0v) is 17.6. The molecule has 28 heavy (non-hydrogen) atoms. The van der Waals surface area contributed by atoms with Gasteiger partial charge in [-0.2, -0.15) is 0 Å². The molecule has 1 atom stereocenters. The summed E-state index contributed by atoms with van der Waals surface area (Å²) in [5, 5.41) is 0.523. The third kappa shape index (κ3) is 4.22. The molecule has 0 spiro atoms. The number of rotatable bonds is 4. The average molecular weight is 422 g/mol. The number of halogens is 2. The standard InChI is InChI=1S/C21H20ClNO4.ClH/c1-12-18(24)16-10-15(22)11-17(21(25)26-13(2)23(3)4)20(16)27-19(12)14-8-6-5-7-9-14;/h5-11,13H,1-4H3;1H. The molecule has 148 valence electrons. The molecule has 0 radical (unpaired) electrons. The van der Waals surface area contributed by atoms with Crippen molar-refractivity contribution >= 4 is 40.9 Å². The van der Waals surface area contributed by atoms with E-state index in [9.17, 15) is 9.59 Å². The van der Waals surface area contributed by atoms with Crippen molar-refractivity contribution in [3.05, 3.63) is 68.8 Å². The molecule has 1 unspecified atom stereocenters. The topological polar surface area (TPSA) is 59.8 Å². The minimum Gasteiger partial charge on any atom is -0.455 e. The highest BCUT2D eigenvalue weighted by Gasteiger charge is 2.22. The van der Waals surface area contributed by atoms with Gasteiger partial charge in [0, 0.05) is 16.1 Å². The SMILES string of the molecule is Cc1c(-c2ccccc2)oc2c(C(=O)OC(C)N(C)C)cc(Cl)cc2c1=O.Cl. The molecule has 0 aliphatic rings. The summed E-state index contributed by atoms with van der Waals surface area (Å²) in [6.45, 7) is 3.45. The van der Waals surface area contributed by atoms with Crippen LogP contribution in [-0.2, 0) is 4.74 Å². The third-order valence-corrected chi connectivity index (χ3v) is 4.66. The second-order valence-corrected chi connectivity index (χ2v) is 6.99. The van der Waals surface area contributed by atoms with E-state index in [1.54, 1.807) is 32.8 Å². The number of carbonyl (C=O) groups excluding carboxylic acids is 1. The predicted octanol–water partition coefficient (Wildman–Crippen LogP) is 4.91. The van der Waals surface area contributed by atoms with Crippen LogP contribution in [0.4, 0.5) is 0 Å². The van der Waals surface area contributed by atoms with Crippen LogP contribution in [0.25, 0.3) is 22.3 Å². The van der Waals surface area contributed by atoms with Crippen LogP contribution >= 0.6 is 24.0 Å². The number of carbonyl (C=O) groups is 1. The molecule has 0 N–H and O–H groups in total. The van der Waals surface area contributed by atoms with Crippen LogP contribution < -0.4 is 5.43 Å². The first kappa shape index (κ1) is 22.0. The molecule has 0 bridgehead atoms. The van der Waals surface area contributed by atoms with E-state index in [0.717, 1.165) is 5.56 Å². The Labute approximate surface area is 174 Å². The predicted molar refractivity (Wildman–Crippen MR) is 113 cm³/mol. The maximum Gasteiger partial charge on any atom is 0.343 e. The Morgan fingerprint density at radius 3 is 2.43 bits per heavy atom. The monoisotopic (exact) mass is 421 g/mol. The van der Waals surface area contributed by atoms with Crippen molar-refractivity contribution in [3.63, 3.8) is 0 Å². The van der Waals surface area contributed by atoms with E-state index < -0.39 is 12.2 Å². The highest BCUT2D eigenvalue weighted by atomic mass is 35.5. The summed E-state index contributed by atoms with van der Waals surface area (Å²) in [6.07, 6.45) is -0.447. The van der Waals surface area contributed by atoms with Gasteiger partial charge in [-0.15, -0.1) is 12.4 Å². The van der Waals surface area contributed by atoms with Crippen molar-refractivity contribution in [3.8, 4) is 11.3 Å². The summed E-state index contributed by atoms with van der Waals surface area (Å²) >= 11 is 6.15. The molecule has 7 heteroatoms. The van der Waals surface area contributed by atoms with Gasteiger partial charge in [0.15, 0.2) is 17.2 Å². The molecule has 3 rings (SSSR count). The normalized spacial score (nSPS) is 11.9. The lowest BCUT2D eigenvalue weighted by atomic mass is 10.0. The van der Waals surface area contributed by atoms with E-state index in [-0.39, 0.29) is 39.4 Å². The van der Waals surface area contributed by atoms with E-state index >= 15 is 0 Å². The lowest BCUT2D eigenvalue weighted by Crippen LogP contribution is -2.30. The zero-order chi connectivity index (χ0) is 19.7. The quantitative estimate of drug-likeness (QED) is 0.442. The first-order valence-corrected chi connectivity index (χ1v) is 8.87. The molecule has 0 saturated carbocycles. The molecular weight excluding hydrogens is 401 g/mol. The van der Waals surface area contributed by atoms with E-state index in [2.05, 4.69) is 0 Å². The largest absolute Gasteiger partial charge is 0.455 e. The van der Waals surface area contributed by atoms with Crippen molar-refractivity contribution in [1.29, 1.82) is 0 Å². The molecule has 0 aliphatic carbocycles. The molecular formula is C21H21Cl2NO4. The first-order valence-electron chi connectivity index (χ1n) is 8.49. The lowest BCUT2D eigenvalue weighted by Gasteiger charge is -2.20. The van der Waals surface area contributed by atoms with Gasteiger partial charge in [-0.1, -0.05) is 41.9 Å². The van der Waals surface area contributed by atoms with Gasteiger partial charge in [0.2, 0.25) is 0 Å². The zero-order valence-electron chi connectivity index (χ0n) is 16.0. The van der Waals surface area contributed by atoms with Crippen LogP contribution in [0.1, 0.15) is 22.8 Å². The Morgan fingerprint density at radius 1 is 1.18 bits per heavy atom. The maximum atomic E-state index is 12.9. The van der Waals surface area contributed by atoms with Crippen molar-refractivity contribution in [2.75, 3.05) is 14.1 Å². The molecule has 0 aliphatic heterocycles. The summed E-state index contributed by atoms with van der Waals surface area (Å²) in [7, 11) is 3.59. The first-order chi connectivity index (χ1) is 12.8. The number of hydrogen-bond donors (Lipinski definition) is 0. The number of fused-ring (bicyclic) bond motifs is 1. The number of benzene rings is 2. The summed E-state index contributed by atoms with van der Waals surface area (Å²) in [5.41, 5.74) is 1.28. The van der Waals surface area contributed by atoms with Gasteiger partial charge >= 0.3 is 5.97 Å². The molecule has 0 amide bonds. The molecule has 0 fully saturated rings. The Bertz CT molecular complexity index is 1060. The van der Waals surface area contributed by atoms with E-state index in [4.69, 9.17) is 20.8 Å². The Morgan fingerprint density at radius 2 is 1.82 bits per heavy atom. The number of esters is 1. The Balaban J connectivity index is 0.00000280. The van der Waals surface area contributed by atoms with Crippen LogP contribution in [0.5, 0.6) is 0 Å². The number of hydrogen-bond acceptors (Lipinski definition) is 5. The minimum absolute atomic E-state index is 0. The number of nitrogens with zero attached hydrogens (tertiary/aromatic N) is 1. The van der Waals surface area contributed by atoms with Gasteiger partial charge in [0.05, 0.1) is 5.39 Å². The summed E-state index contributed by atoms with van der Waals surface area (Å²) in [5.74, 6) is -0.181. The fourth-order valence-electron chi connectivity index (χ4n) is 2.70. The van der Waals surface area contributed by atoms with Crippen LogP contribution in [-0.4, -0.2) is 31.2 Å². The summed E-state index contributed by atoms with van der Waals surface area (Å²) in [6, 6.07) is 12.3. The van der Waals surface area contributed by atoms with Crippen molar-refractivity contribution in [2.24, 2.45) is 0 Å². The fraction of sp³-hybridized carbons (Fsp3) is 0.238. The van der Waals surface area contributed by atoms with Crippen LogP contribution in [0.2, 0.25) is 5.02 Å². The minimum atomic E-state index is -0.602. The van der Waals surface area contributed by atoms with Crippen molar-refractivity contribution in [1.82, 2.24) is 4.90 Å². The lowest BCUT2D eigenvalue weighted by molar-refractivity contribution is -0.00536. The number of ether oxygens (including phenoxy) is 1. The van der Waals surface area contributed by atoms with E-state index in [1.165, 1.54) is 12.1 Å². The smallest absolute Gasteiger partial charge is 0.343 e. The van der Waals surface area contributed by atoms with Crippen molar-refractivity contribution in [2.45, 2.75) is 20.1 Å². The molecule has 1 heterocycles. The van der Waals surface area contributed by atoms with Crippen LogP contribution in [0.15, 0.2) is 51.7 Å². The van der Waals surface area contributed by atoms with Gasteiger partial charge in [-0.3, -0.25) is 9.69 Å². The van der Waals surface area contributed by atoms with Crippen LogP contribution in [0, 0.1) is 6.92 Å². The fourth-order valence-corrected chi connectivity index (χ4v) is 2.91. The second kappa shape index (κ2) is 8.78. The van der Waals surface area contributed by atoms with Gasteiger partial charge in [-0.05, 0) is 40.1 Å². The van der Waals surface area contributed by atoms with Gasteiger partial charge < -0.3 is 9.15 Å². The highest BCUT2D eigenvalue weighted by Crippen LogP contribution is 2.30.